The molecule has 6 heteroatoms. The Morgan fingerprint density at radius 2 is 2.12 bits per heavy atom. The van der Waals surface area contributed by atoms with Crippen molar-refractivity contribution in [2.75, 3.05) is 13.1 Å². The molecule has 6 nitrogen and oxygen atoms in total. The average molecular weight is 333 g/mol. The van der Waals surface area contributed by atoms with Gasteiger partial charge >= 0.3 is 5.97 Å². The first-order valence-electron chi connectivity index (χ1n) is 8.80. The number of carboxylic acid groups (broad SMARTS) is 1. The molecule has 1 saturated heterocycles. The minimum Gasteiger partial charge on any atom is -0.481 e. The molecule has 0 unspecified atom stereocenters. The van der Waals surface area contributed by atoms with E-state index in [1.807, 2.05) is 11.6 Å². The Morgan fingerprint density at radius 3 is 2.67 bits per heavy atom. The molecule has 24 heavy (non-hydrogen) atoms. The van der Waals surface area contributed by atoms with Crippen LogP contribution in [0.2, 0.25) is 0 Å². The van der Waals surface area contributed by atoms with Crippen LogP contribution in [0.3, 0.4) is 0 Å². The zero-order chi connectivity index (χ0) is 17.7. The fourth-order valence-electron chi connectivity index (χ4n) is 4.43. The highest BCUT2D eigenvalue weighted by molar-refractivity contribution is 5.96. The van der Waals surface area contributed by atoms with E-state index in [4.69, 9.17) is 0 Å². The van der Waals surface area contributed by atoms with Crippen LogP contribution in [-0.2, 0) is 16.8 Å². The molecule has 1 amide bonds. The summed E-state index contributed by atoms with van der Waals surface area (Å²) < 4.78 is 1.91. The second-order valence-electron chi connectivity index (χ2n) is 8.18. The Morgan fingerprint density at radius 1 is 1.42 bits per heavy atom. The zero-order valence-electron chi connectivity index (χ0n) is 15.0. The first kappa shape index (κ1) is 17.0. The maximum absolute atomic E-state index is 13.0. The minimum atomic E-state index is -0.749. The predicted molar refractivity (Wildman–Crippen MR) is 89.9 cm³/mol. The first-order chi connectivity index (χ1) is 11.2. The van der Waals surface area contributed by atoms with Gasteiger partial charge in [0, 0.05) is 13.1 Å². The molecule has 0 radical (unpaired) electrons. The van der Waals surface area contributed by atoms with E-state index >= 15 is 0 Å². The Balaban J connectivity index is 1.89. The summed E-state index contributed by atoms with van der Waals surface area (Å²) in [6.07, 6.45) is 4.89. The number of likely N-dealkylation sites (tertiary alicyclic amines) is 1. The summed E-state index contributed by atoms with van der Waals surface area (Å²) in [5.41, 5.74) is 0.623. The van der Waals surface area contributed by atoms with Crippen LogP contribution in [0.5, 0.6) is 0 Å². The third-order valence-corrected chi connectivity index (χ3v) is 5.65. The maximum atomic E-state index is 13.0. The number of hydrogen-bond donors (Lipinski definition) is 1. The molecule has 1 aliphatic heterocycles. The van der Waals surface area contributed by atoms with E-state index in [1.165, 1.54) is 0 Å². The van der Waals surface area contributed by atoms with E-state index in [9.17, 15) is 14.7 Å². The zero-order valence-corrected chi connectivity index (χ0v) is 15.0. The molecule has 2 heterocycles. The molecular weight excluding hydrogens is 306 g/mol. The van der Waals surface area contributed by atoms with Crippen molar-refractivity contribution in [2.45, 2.75) is 58.9 Å². The van der Waals surface area contributed by atoms with Gasteiger partial charge in [-0.2, -0.15) is 5.10 Å². The van der Waals surface area contributed by atoms with E-state index in [0.29, 0.717) is 25.1 Å². The molecule has 1 N–H and O–H groups in total. The number of carboxylic acids is 1. The number of rotatable bonds is 3. The topological polar surface area (TPSA) is 75.4 Å². The summed E-state index contributed by atoms with van der Waals surface area (Å²) >= 11 is 0. The summed E-state index contributed by atoms with van der Waals surface area (Å²) in [4.78, 5) is 26.6. The predicted octanol–water partition coefficient (Wildman–Crippen LogP) is 2.53. The molecule has 2 atom stereocenters. The van der Waals surface area contributed by atoms with Crippen molar-refractivity contribution in [1.82, 2.24) is 14.7 Å². The van der Waals surface area contributed by atoms with Gasteiger partial charge in [0.15, 0.2) is 0 Å². The summed E-state index contributed by atoms with van der Waals surface area (Å²) in [5.74, 6) is -0.736. The van der Waals surface area contributed by atoms with Crippen LogP contribution >= 0.6 is 0 Å². The highest BCUT2D eigenvalue weighted by Crippen LogP contribution is 2.49. The molecule has 3 rings (SSSR count). The fourth-order valence-corrected chi connectivity index (χ4v) is 4.43. The highest BCUT2D eigenvalue weighted by atomic mass is 16.4. The number of carbonyl (C=O) groups excluding carboxylic acids is 1. The van der Waals surface area contributed by atoms with Gasteiger partial charge in [-0.3, -0.25) is 14.3 Å². The number of nitrogens with zero attached hydrogens (tertiary/aromatic N) is 3. The van der Waals surface area contributed by atoms with Gasteiger partial charge in [0.2, 0.25) is 0 Å². The normalized spacial score (nSPS) is 26.7. The second kappa shape index (κ2) is 5.60. The van der Waals surface area contributed by atoms with Crippen molar-refractivity contribution >= 4 is 11.9 Å². The van der Waals surface area contributed by atoms with Crippen LogP contribution in [0.15, 0.2) is 6.20 Å². The lowest BCUT2D eigenvalue weighted by Gasteiger charge is -2.24. The number of fused-ring (bicyclic) bond motifs is 1. The number of hydrogen-bond acceptors (Lipinski definition) is 3. The summed E-state index contributed by atoms with van der Waals surface area (Å²) in [7, 11) is 0. The first-order valence-corrected chi connectivity index (χ1v) is 8.80. The van der Waals surface area contributed by atoms with Gasteiger partial charge in [-0.25, -0.2) is 0 Å². The summed E-state index contributed by atoms with van der Waals surface area (Å²) in [6.45, 7) is 9.09. The lowest BCUT2D eigenvalue weighted by Crippen LogP contribution is -2.37. The second-order valence-corrected chi connectivity index (χ2v) is 8.18. The van der Waals surface area contributed by atoms with E-state index < -0.39 is 11.4 Å². The Hall–Kier alpha value is -1.85. The van der Waals surface area contributed by atoms with Crippen LogP contribution in [0.4, 0.5) is 0 Å². The monoisotopic (exact) mass is 333 g/mol. The molecule has 2 aliphatic rings. The van der Waals surface area contributed by atoms with Crippen molar-refractivity contribution in [3.63, 3.8) is 0 Å². The molecule has 1 aromatic rings. The molecule has 132 valence electrons. The quantitative estimate of drug-likeness (QED) is 0.922. The van der Waals surface area contributed by atoms with E-state index in [2.05, 4.69) is 25.9 Å². The standard InChI is InChI=1S/C18H27N3O3/c1-5-14-13(9-19-21(14)17(2,3)4)15(22)20-10-12-7-6-8-18(12,11-20)16(23)24/h9,12H,5-8,10-11H2,1-4H3,(H,23,24)/t12-,18+/m0/s1. The average Bonchev–Trinajstić information content (AvgIpc) is 3.16. The van der Waals surface area contributed by atoms with Gasteiger partial charge in [0.1, 0.15) is 0 Å². The van der Waals surface area contributed by atoms with Gasteiger partial charge in [0.05, 0.1) is 28.4 Å². The van der Waals surface area contributed by atoms with Crippen LogP contribution < -0.4 is 0 Å². The van der Waals surface area contributed by atoms with E-state index in [-0.39, 0.29) is 17.4 Å². The molecule has 0 aromatic carbocycles. The van der Waals surface area contributed by atoms with Crippen molar-refractivity contribution in [2.24, 2.45) is 11.3 Å². The van der Waals surface area contributed by atoms with Gasteiger partial charge in [-0.05, 0) is 46.0 Å². The molecule has 1 saturated carbocycles. The van der Waals surface area contributed by atoms with Gasteiger partial charge in [-0.1, -0.05) is 13.3 Å². The fraction of sp³-hybridized carbons (Fsp3) is 0.722. The maximum Gasteiger partial charge on any atom is 0.311 e. The van der Waals surface area contributed by atoms with Crippen molar-refractivity contribution in [1.29, 1.82) is 0 Å². The summed E-state index contributed by atoms with van der Waals surface area (Å²) in [5, 5.41) is 14.1. The lowest BCUT2D eigenvalue weighted by molar-refractivity contribution is -0.149. The number of aromatic nitrogens is 2. The van der Waals surface area contributed by atoms with Crippen LogP contribution in [0.1, 0.15) is 63.0 Å². The molecular formula is C18H27N3O3. The van der Waals surface area contributed by atoms with E-state index in [1.54, 1.807) is 11.1 Å². The Kier molecular flexibility index (Phi) is 3.97. The lowest BCUT2D eigenvalue weighted by atomic mass is 9.81. The molecule has 1 aliphatic carbocycles. The van der Waals surface area contributed by atoms with Gasteiger partial charge in [-0.15, -0.1) is 0 Å². The SMILES string of the molecule is CCc1c(C(=O)N2C[C@@H]3CCC[C@@]3(C(=O)O)C2)cnn1C(C)(C)C. The van der Waals surface area contributed by atoms with Crippen molar-refractivity contribution < 1.29 is 14.7 Å². The Bertz CT molecular complexity index is 674. The molecule has 1 aromatic heterocycles. The number of amides is 1. The third-order valence-electron chi connectivity index (χ3n) is 5.65. The van der Waals surface area contributed by atoms with Crippen LogP contribution in [0, 0.1) is 11.3 Å². The molecule has 2 fully saturated rings. The van der Waals surface area contributed by atoms with Gasteiger partial charge in [0.25, 0.3) is 5.91 Å². The largest absolute Gasteiger partial charge is 0.481 e. The summed E-state index contributed by atoms with van der Waals surface area (Å²) in [6, 6.07) is 0. The van der Waals surface area contributed by atoms with Crippen molar-refractivity contribution in [3.8, 4) is 0 Å². The number of aliphatic carboxylic acids is 1. The minimum absolute atomic E-state index is 0.0719. The third kappa shape index (κ3) is 2.43. The van der Waals surface area contributed by atoms with Crippen LogP contribution in [-0.4, -0.2) is 44.8 Å². The molecule has 0 spiro atoms. The van der Waals surface area contributed by atoms with E-state index in [0.717, 1.165) is 25.0 Å². The number of carbonyl (C=O) groups is 2. The highest BCUT2D eigenvalue weighted by Gasteiger charge is 2.56. The smallest absolute Gasteiger partial charge is 0.311 e. The van der Waals surface area contributed by atoms with Crippen LogP contribution in [0.25, 0.3) is 0 Å². The van der Waals surface area contributed by atoms with Gasteiger partial charge < -0.3 is 10.0 Å². The van der Waals surface area contributed by atoms with Crippen molar-refractivity contribution in [3.05, 3.63) is 17.5 Å². The molecule has 0 bridgehead atoms. The Labute approximate surface area is 142 Å².